The van der Waals surface area contributed by atoms with E-state index in [4.69, 9.17) is 30.5 Å². The fraction of sp³-hybridized carbons (Fsp3) is 0.240. The zero-order valence-corrected chi connectivity index (χ0v) is 19.1. The highest BCUT2D eigenvalue weighted by Crippen LogP contribution is 2.44. The lowest BCUT2D eigenvalue weighted by Crippen LogP contribution is -2.61. The molecule has 0 bridgehead atoms. The molecule has 32 heavy (non-hydrogen) atoms. The van der Waals surface area contributed by atoms with Gasteiger partial charge in [0, 0.05) is 10.7 Å². The van der Waals surface area contributed by atoms with Crippen molar-refractivity contribution in [2.24, 2.45) is 0 Å². The first-order valence-corrected chi connectivity index (χ1v) is 10.5. The molecule has 7 heteroatoms. The highest BCUT2D eigenvalue weighted by atomic mass is 35.5. The second kappa shape index (κ2) is 9.01. The Hall–Kier alpha value is -3.38. The normalized spacial score (nSPS) is 17.5. The highest BCUT2D eigenvalue weighted by molar-refractivity contribution is 6.31. The number of aryl methyl sites for hydroxylation is 1. The SMILES string of the molecule is COc1ccc(O[C@@H]2C(=O)N(c3ccc(C)c(Cl)c3)[C@@H]2c2ccc(OC)c(OC)c2)cc1. The third-order valence-electron chi connectivity index (χ3n) is 5.55. The van der Waals surface area contributed by atoms with Crippen molar-refractivity contribution in [1.82, 2.24) is 0 Å². The Morgan fingerprint density at radius 3 is 2.12 bits per heavy atom. The molecule has 0 aromatic heterocycles. The third kappa shape index (κ3) is 3.94. The van der Waals surface area contributed by atoms with Crippen molar-refractivity contribution < 1.29 is 23.7 Å². The minimum atomic E-state index is -0.707. The number of carbonyl (C=O) groups excluding carboxylic acids is 1. The lowest BCUT2D eigenvalue weighted by atomic mass is 9.89. The van der Waals surface area contributed by atoms with Gasteiger partial charge in [-0.25, -0.2) is 0 Å². The van der Waals surface area contributed by atoms with Gasteiger partial charge in [-0.15, -0.1) is 0 Å². The average molecular weight is 454 g/mol. The number of hydrogen-bond acceptors (Lipinski definition) is 5. The molecular weight excluding hydrogens is 430 g/mol. The number of nitrogens with zero attached hydrogens (tertiary/aromatic N) is 1. The summed E-state index contributed by atoms with van der Waals surface area (Å²) in [4.78, 5) is 14.9. The summed E-state index contributed by atoms with van der Waals surface area (Å²) in [6.07, 6.45) is -0.707. The number of benzene rings is 3. The molecule has 1 saturated heterocycles. The molecule has 3 aromatic rings. The molecule has 166 valence electrons. The van der Waals surface area contributed by atoms with E-state index < -0.39 is 6.10 Å². The van der Waals surface area contributed by atoms with E-state index in [1.54, 1.807) is 56.6 Å². The van der Waals surface area contributed by atoms with Gasteiger partial charge in [0.1, 0.15) is 17.5 Å². The summed E-state index contributed by atoms with van der Waals surface area (Å²) < 4.78 is 22.1. The average Bonchev–Trinajstić information content (AvgIpc) is 2.82. The van der Waals surface area contributed by atoms with E-state index in [-0.39, 0.29) is 11.9 Å². The van der Waals surface area contributed by atoms with Gasteiger partial charge < -0.3 is 18.9 Å². The summed E-state index contributed by atoms with van der Waals surface area (Å²) in [6, 6.07) is 17.9. The van der Waals surface area contributed by atoms with Gasteiger partial charge in [-0.3, -0.25) is 9.69 Å². The van der Waals surface area contributed by atoms with Gasteiger partial charge in [-0.1, -0.05) is 23.7 Å². The Kier molecular flexibility index (Phi) is 6.15. The number of ether oxygens (including phenoxy) is 4. The van der Waals surface area contributed by atoms with Crippen molar-refractivity contribution in [3.8, 4) is 23.0 Å². The first-order chi connectivity index (χ1) is 15.5. The monoisotopic (exact) mass is 453 g/mol. The summed E-state index contributed by atoms with van der Waals surface area (Å²) in [7, 11) is 4.76. The molecule has 1 aliphatic heterocycles. The molecule has 0 saturated carbocycles. The quantitative estimate of drug-likeness (QED) is 0.460. The maximum atomic E-state index is 13.2. The third-order valence-corrected chi connectivity index (χ3v) is 5.96. The van der Waals surface area contributed by atoms with Crippen LogP contribution in [0.1, 0.15) is 17.2 Å². The Bertz CT molecular complexity index is 1130. The van der Waals surface area contributed by atoms with Crippen molar-refractivity contribution in [2.75, 3.05) is 26.2 Å². The van der Waals surface area contributed by atoms with Gasteiger partial charge in [0.25, 0.3) is 5.91 Å². The standard InChI is InChI=1S/C25H24ClNO5/c1-15-5-7-17(14-20(15)26)27-23(16-6-12-21(30-3)22(13-16)31-4)24(25(27)28)32-19-10-8-18(29-2)9-11-19/h5-14,23-24H,1-4H3/t23-,24+/m1/s1. The van der Waals surface area contributed by atoms with Crippen LogP contribution in [0.15, 0.2) is 60.7 Å². The van der Waals surface area contributed by atoms with Gasteiger partial charge in [0.2, 0.25) is 6.10 Å². The van der Waals surface area contributed by atoms with E-state index in [0.29, 0.717) is 33.7 Å². The van der Waals surface area contributed by atoms with E-state index in [1.165, 1.54) is 0 Å². The van der Waals surface area contributed by atoms with Gasteiger partial charge in [0.15, 0.2) is 11.5 Å². The Labute approximate surface area is 192 Å². The summed E-state index contributed by atoms with van der Waals surface area (Å²) in [5, 5.41) is 0.598. The molecule has 2 atom stereocenters. The fourth-order valence-corrected chi connectivity index (χ4v) is 3.93. The summed E-state index contributed by atoms with van der Waals surface area (Å²) >= 11 is 6.34. The minimum Gasteiger partial charge on any atom is -0.497 e. The number of hydrogen-bond donors (Lipinski definition) is 0. The first-order valence-electron chi connectivity index (χ1n) is 10.1. The van der Waals surface area contributed by atoms with Gasteiger partial charge in [-0.05, 0) is 66.6 Å². The van der Waals surface area contributed by atoms with Crippen molar-refractivity contribution in [3.63, 3.8) is 0 Å². The first kappa shape index (κ1) is 21.8. The molecule has 1 amide bonds. The number of β-lactam (4-membered cyclic amide) rings is 1. The number of amides is 1. The second-order valence-corrected chi connectivity index (χ2v) is 7.82. The molecule has 0 radical (unpaired) electrons. The maximum absolute atomic E-state index is 13.2. The van der Waals surface area contributed by atoms with E-state index in [2.05, 4.69) is 0 Å². The molecule has 0 N–H and O–H groups in total. The van der Waals surface area contributed by atoms with Crippen molar-refractivity contribution in [2.45, 2.75) is 19.1 Å². The van der Waals surface area contributed by atoms with E-state index in [0.717, 1.165) is 11.1 Å². The van der Waals surface area contributed by atoms with Crippen LogP contribution < -0.4 is 23.8 Å². The lowest BCUT2D eigenvalue weighted by molar-refractivity contribution is -0.135. The second-order valence-electron chi connectivity index (χ2n) is 7.41. The van der Waals surface area contributed by atoms with Crippen molar-refractivity contribution in [1.29, 1.82) is 0 Å². The fourth-order valence-electron chi connectivity index (χ4n) is 3.76. The molecule has 1 aliphatic rings. The smallest absolute Gasteiger partial charge is 0.271 e. The van der Waals surface area contributed by atoms with E-state index in [9.17, 15) is 4.79 Å². The van der Waals surface area contributed by atoms with Crippen LogP contribution in [-0.2, 0) is 4.79 Å². The molecule has 4 rings (SSSR count). The van der Waals surface area contributed by atoms with Crippen LogP contribution in [0.5, 0.6) is 23.0 Å². The topological polar surface area (TPSA) is 57.2 Å². The minimum absolute atomic E-state index is 0.152. The number of halogens is 1. The summed E-state index contributed by atoms with van der Waals surface area (Å²) in [6.45, 7) is 1.92. The zero-order chi connectivity index (χ0) is 22.8. The molecule has 1 fully saturated rings. The Morgan fingerprint density at radius 2 is 1.50 bits per heavy atom. The Balaban J connectivity index is 1.72. The molecule has 0 aliphatic carbocycles. The van der Waals surface area contributed by atoms with Crippen LogP contribution >= 0.6 is 11.6 Å². The number of methoxy groups -OCH3 is 3. The van der Waals surface area contributed by atoms with Gasteiger partial charge in [0.05, 0.1) is 21.3 Å². The van der Waals surface area contributed by atoms with Crippen LogP contribution in [0, 0.1) is 6.92 Å². The van der Waals surface area contributed by atoms with Crippen LogP contribution in [0.3, 0.4) is 0 Å². The summed E-state index contributed by atoms with van der Waals surface area (Å²) in [5.41, 5.74) is 2.51. The van der Waals surface area contributed by atoms with Crippen molar-refractivity contribution >= 4 is 23.2 Å². The predicted octanol–water partition coefficient (Wildman–Crippen LogP) is 5.21. The Morgan fingerprint density at radius 1 is 0.812 bits per heavy atom. The number of rotatable bonds is 7. The summed E-state index contributed by atoms with van der Waals surface area (Å²) in [5.74, 6) is 2.33. The number of carbonyl (C=O) groups is 1. The van der Waals surface area contributed by atoms with Gasteiger partial charge in [-0.2, -0.15) is 0 Å². The number of anilines is 1. The molecule has 1 heterocycles. The molecule has 0 spiro atoms. The van der Waals surface area contributed by atoms with E-state index in [1.807, 2.05) is 37.3 Å². The van der Waals surface area contributed by atoms with E-state index >= 15 is 0 Å². The molecular formula is C25H24ClNO5. The molecule has 0 unspecified atom stereocenters. The lowest BCUT2D eigenvalue weighted by Gasteiger charge is -2.46. The molecule has 3 aromatic carbocycles. The predicted molar refractivity (Wildman–Crippen MR) is 123 cm³/mol. The zero-order valence-electron chi connectivity index (χ0n) is 18.3. The highest BCUT2D eigenvalue weighted by Gasteiger charge is 2.51. The molecule has 6 nitrogen and oxygen atoms in total. The van der Waals surface area contributed by atoms with Crippen molar-refractivity contribution in [3.05, 3.63) is 76.8 Å². The largest absolute Gasteiger partial charge is 0.497 e. The van der Waals surface area contributed by atoms with Crippen LogP contribution in [-0.4, -0.2) is 33.3 Å². The van der Waals surface area contributed by atoms with Gasteiger partial charge >= 0.3 is 0 Å². The maximum Gasteiger partial charge on any atom is 0.271 e. The van der Waals surface area contributed by atoms with Crippen LogP contribution in [0.25, 0.3) is 0 Å². The van der Waals surface area contributed by atoms with Crippen LogP contribution in [0.4, 0.5) is 5.69 Å². The van der Waals surface area contributed by atoms with Crippen LogP contribution in [0.2, 0.25) is 5.02 Å².